The average molecular weight is 259 g/mol. The van der Waals surface area contributed by atoms with E-state index < -0.39 is 0 Å². The Morgan fingerprint density at radius 1 is 1.11 bits per heavy atom. The molecule has 2 heteroatoms. The van der Waals surface area contributed by atoms with E-state index in [1.54, 1.807) is 0 Å². The first-order valence-corrected chi connectivity index (χ1v) is 7.84. The zero-order valence-corrected chi connectivity index (χ0v) is 11.9. The Morgan fingerprint density at radius 2 is 1.89 bits per heavy atom. The minimum atomic E-state index is 0.494. The van der Waals surface area contributed by atoms with Crippen LogP contribution in [0.3, 0.4) is 0 Å². The molecule has 1 aromatic carbocycles. The van der Waals surface area contributed by atoms with E-state index in [9.17, 15) is 0 Å². The van der Waals surface area contributed by atoms with Gasteiger partial charge in [0, 0.05) is 24.1 Å². The van der Waals surface area contributed by atoms with Crippen LogP contribution in [0.4, 0.5) is 0 Å². The number of nitrogens with one attached hydrogen (secondary N) is 1. The molecular formula is C17H25NO. The van der Waals surface area contributed by atoms with E-state index in [0.717, 1.165) is 24.7 Å². The van der Waals surface area contributed by atoms with E-state index in [1.165, 1.54) is 37.7 Å². The summed E-state index contributed by atoms with van der Waals surface area (Å²) in [6.07, 6.45) is 7.95. The van der Waals surface area contributed by atoms with Crippen molar-refractivity contribution in [1.29, 1.82) is 0 Å². The summed E-state index contributed by atoms with van der Waals surface area (Å²) >= 11 is 0. The van der Waals surface area contributed by atoms with Crippen LogP contribution in [0.1, 0.15) is 57.1 Å². The maximum absolute atomic E-state index is 5.74. The average Bonchev–Trinajstić information content (AvgIpc) is 2.48. The molecule has 2 aliphatic rings. The molecular weight excluding hydrogens is 234 g/mol. The molecule has 0 amide bonds. The van der Waals surface area contributed by atoms with Crippen molar-refractivity contribution >= 4 is 0 Å². The molecule has 0 bridgehead atoms. The van der Waals surface area contributed by atoms with Crippen LogP contribution in [-0.2, 0) is 0 Å². The summed E-state index contributed by atoms with van der Waals surface area (Å²) < 4.78 is 5.74. The molecule has 1 aromatic rings. The number of rotatable bonds is 3. The Labute approximate surface area is 116 Å². The molecule has 0 radical (unpaired) electrons. The van der Waals surface area contributed by atoms with Gasteiger partial charge in [-0.25, -0.2) is 0 Å². The molecule has 2 nitrogen and oxygen atoms in total. The van der Waals surface area contributed by atoms with Gasteiger partial charge in [-0.15, -0.1) is 0 Å². The zero-order chi connectivity index (χ0) is 13.1. The number of hydrogen-bond acceptors (Lipinski definition) is 2. The summed E-state index contributed by atoms with van der Waals surface area (Å²) in [5.41, 5.74) is 1.35. The van der Waals surface area contributed by atoms with E-state index >= 15 is 0 Å². The Balaban J connectivity index is 1.62. The van der Waals surface area contributed by atoms with E-state index in [2.05, 4.69) is 36.5 Å². The molecule has 3 rings (SSSR count). The van der Waals surface area contributed by atoms with Gasteiger partial charge in [0.15, 0.2) is 0 Å². The van der Waals surface area contributed by atoms with Crippen molar-refractivity contribution in [2.24, 2.45) is 5.92 Å². The maximum Gasteiger partial charge on any atom is 0.124 e. The molecule has 104 valence electrons. The monoisotopic (exact) mass is 259 g/mol. The van der Waals surface area contributed by atoms with Gasteiger partial charge < -0.3 is 10.1 Å². The Hall–Kier alpha value is -1.02. The van der Waals surface area contributed by atoms with Crippen molar-refractivity contribution in [2.45, 2.75) is 57.5 Å². The molecule has 1 atom stereocenters. The van der Waals surface area contributed by atoms with Crippen molar-refractivity contribution in [3.63, 3.8) is 0 Å². The highest BCUT2D eigenvalue weighted by Crippen LogP contribution is 2.34. The Bertz CT molecular complexity index is 409. The lowest BCUT2D eigenvalue weighted by Crippen LogP contribution is -2.37. The summed E-state index contributed by atoms with van der Waals surface area (Å²) in [5.74, 6) is 2.05. The first-order valence-electron chi connectivity index (χ1n) is 7.84. The molecule has 1 unspecified atom stereocenters. The van der Waals surface area contributed by atoms with Crippen molar-refractivity contribution in [3.8, 4) is 5.75 Å². The fourth-order valence-electron chi connectivity index (χ4n) is 3.54. The van der Waals surface area contributed by atoms with Crippen LogP contribution in [0.15, 0.2) is 24.3 Å². The summed E-state index contributed by atoms with van der Waals surface area (Å²) in [4.78, 5) is 0. The van der Waals surface area contributed by atoms with Gasteiger partial charge in [0.1, 0.15) is 5.75 Å². The van der Waals surface area contributed by atoms with Crippen molar-refractivity contribution in [1.82, 2.24) is 5.32 Å². The van der Waals surface area contributed by atoms with Crippen LogP contribution in [0, 0.1) is 5.92 Å². The predicted molar refractivity (Wildman–Crippen MR) is 78.5 cm³/mol. The highest BCUT2D eigenvalue weighted by molar-refractivity contribution is 5.37. The first kappa shape index (κ1) is 13.0. The van der Waals surface area contributed by atoms with Gasteiger partial charge in [-0.05, 0) is 37.7 Å². The van der Waals surface area contributed by atoms with Gasteiger partial charge in [0.05, 0.1) is 6.61 Å². The highest BCUT2D eigenvalue weighted by Gasteiger charge is 2.26. The molecule has 1 aliphatic carbocycles. The molecule has 0 saturated heterocycles. The topological polar surface area (TPSA) is 21.3 Å². The van der Waals surface area contributed by atoms with Crippen molar-refractivity contribution < 1.29 is 4.74 Å². The minimum Gasteiger partial charge on any atom is -0.493 e. The molecule has 1 fully saturated rings. The summed E-state index contributed by atoms with van der Waals surface area (Å²) in [5, 5.41) is 3.88. The number of hydrogen-bond donors (Lipinski definition) is 1. The van der Waals surface area contributed by atoms with E-state index in [1.807, 2.05) is 0 Å². The van der Waals surface area contributed by atoms with Gasteiger partial charge >= 0.3 is 0 Å². The molecule has 19 heavy (non-hydrogen) atoms. The summed E-state index contributed by atoms with van der Waals surface area (Å²) in [6.45, 7) is 3.17. The van der Waals surface area contributed by atoms with Crippen LogP contribution in [-0.4, -0.2) is 12.6 Å². The van der Waals surface area contributed by atoms with Gasteiger partial charge in [-0.2, -0.15) is 0 Å². The third-order valence-corrected chi connectivity index (χ3v) is 4.82. The number of fused-ring (bicyclic) bond motifs is 1. The molecule has 1 N–H and O–H groups in total. The van der Waals surface area contributed by atoms with E-state index in [4.69, 9.17) is 4.74 Å². The second kappa shape index (κ2) is 5.96. The van der Waals surface area contributed by atoms with Gasteiger partial charge in [-0.1, -0.05) is 31.5 Å². The quantitative estimate of drug-likeness (QED) is 0.883. The lowest BCUT2D eigenvalue weighted by Gasteiger charge is -2.34. The standard InChI is InChI=1S/C17H25NO/c1-2-13-7-9-14(10-8-13)18-16-11-12-19-17-6-4-3-5-15(16)17/h3-6,13-14,16,18H,2,7-12H2,1H3. The first-order chi connectivity index (χ1) is 9.36. The predicted octanol–water partition coefficient (Wildman–Crippen LogP) is 4.07. The highest BCUT2D eigenvalue weighted by atomic mass is 16.5. The number of ether oxygens (including phenoxy) is 1. The number of benzene rings is 1. The molecule has 1 saturated carbocycles. The molecule has 1 heterocycles. The van der Waals surface area contributed by atoms with Gasteiger partial charge in [0.2, 0.25) is 0 Å². The van der Waals surface area contributed by atoms with Crippen LogP contribution in [0.2, 0.25) is 0 Å². The van der Waals surface area contributed by atoms with Gasteiger partial charge in [0.25, 0.3) is 0 Å². The second-order valence-corrected chi connectivity index (χ2v) is 6.02. The normalized spacial score (nSPS) is 30.5. The van der Waals surface area contributed by atoms with Crippen LogP contribution >= 0.6 is 0 Å². The molecule has 0 spiro atoms. The van der Waals surface area contributed by atoms with E-state index in [0.29, 0.717) is 12.1 Å². The Morgan fingerprint density at radius 3 is 2.68 bits per heavy atom. The largest absolute Gasteiger partial charge is 0.493 e. The number of para-hydroxylation sites is 1. The van der Waals surface area contributed by atoms with Crippen LogP contribution in [0.25, 0.3) is 0 Å². The lowest BCUT2D eigenvalue weighted by atomic mass is 9.84. The van der Waals surface area contributed by atoms with E-state index in [-0.39, 0.29) is 0 Å². The van der Waals surface area contributed by atoms with Crippen LogP contribution < -0.4 is 10.1 Å². The summed E-state index contributed by atoms with van der Waals surface area (Å²) in [6, 6.07) is 9.69. The lowest BCUT2D eigenvalue weighted by molar-refractivity contribution is 0.219. The second-order valence-electron chi connectivity index (χ2n) is 6.02. The third kappa shape index (κ3) is 2.94. The fourth-order valence-corrected chi connectivity index (χ4v) is 3.54. The SMILES string of the molecule is CCC1CCC(NC2CCOc3ccccc32)CC1. The van der Waals surface area contributed by atoms with Crippen molar-refractivity contribution in [3.05, 3.63) is 29.8 Å². The fraction of sp³-hybridized carbons (Fsp3) is 0.647. The van der Waals surface area contributed by atoms with Crippen molar-refractivity contribution in [2.75, 3.05) is 6.61 Å². The van der Waals surface area contributed by atoms with Gasteiger partial charge in [-0.3, -0.25) is 0 Å². The molecule has 1 aliphatic heterocycles. The third-order valence-electron chi connectivity index (χ3n) is 4.82. The summed E-state index contributed by atoms with van der Waals surface area (Å²) in [7, 11) is 0. The maximum atomic E-state index is 5.74. The van der Waals surface area contributed by atoms with Crippen LogP contribution in [0.5, 0.6) is 5.75 Å². The minimum absolute atomic E-state index is 0.494. The molecule has 0 aromatic heterocycles. The smallest absolute Gasteiger partial charge is 0.124 e. The Kier molecular flexibility index (Phi) is 4.07. The zero-order valence-electron chi connectivity index (χ0n) is 11.9.